The van der Waals surface area contributed by atoms with Crippen LogP contribution in [0.2, 0.25) is 0 Å². The number of carboxylic acids is 1. The minimum absolute atomic E-state index is 0.00189. The molecule has 9 heteroatoms. The molecule has 2 aliphatic rings. The number of rotatable bonds is 2. The highest BCUT2D eigenvalue weighted by Gasteiger charge is 2.45. The summed E-state index contributed by atoms with van der Waals surface area (Å²) >= 11 is 0. The van der Waals surface area contributed by atoms with Crippen LogP contribution in [0.4, 0.5) is 4.79 Å². The molecule has 0 spiro atoms. The van der Waals surface area contributed by atoms with Gasteiger partial charge in [0.2, 0.25) is 0 Å². The highest BCUT2D eigenvalue weighted by Crippen LogP contribution is 2.20. The van der Waals surface area contributed by atoms with Gasteiger partial charge in [-0.05, 0) is 0 Å². The molecule has 20 heavy (non-hydrogen) atoms. The highest BCUT2D eigenvalue weighted by atomic mass is 16.5. The maximum absolute atomic E-state index is 12.2. The van der Waals surface area contributed by atoms with E-state index in [2.05, 4.69) is 15.5 Å². The molecule has 0 aliphatic carbocycles. The summed E-state index contributed by atoms with van der Waals surface area (Å²) in [5.74, 6) is -0.373. The first-order valence-corrected chi connectivity index (χ1v) is 6.36. The van der Waals surface area contributed by atoms with E-state index in [0.29, 0.717) is 32.1 Å². The molecule has 2 aliphatic heterocycles. The van der Waals surface area contributed by atoms with Crippen LogP contribution in [-0.4, -0.2) is 62.1 Å². The van der Waals surface area contributed by atoms with Crippen LogP contribution >= 0.6 is 0 Å². The lowest BCUT2D eigenvalue weighted by Gasteiger charge is -2.31. The number of ether oxygens (including phenoxy) is 1. The molecular weight excluding hydrogens is 266 g/mol. The Hall–Kier alpha value is -2.16. The second-order valence-electron chi connectivity index (χ2n) is 4.98. The second kappa shape index (κ2) is 4.75. The number of aliphatic carboxylic acids is 1. The van der Waals surface area contributed by atoms with E-state index in [1.807, 2.05) is 4.57 Å². The highest BCUT2D eigenvalue weighted by molar-refractivity contribution is 5.86. The van der Waals surface area contributed by atoms with Gasteiger partial charge in [0.05, 0.1) is 13.2 Å². The number of aromatic nitrogens is 3. The van der Waals surface area contributed by atoms with Gasteiger partial charge in [0.25, 0.3) is 0 Å². The number of hydrogen-bond donors (Lipinski definition) is 2. The lowest BCUT2D eigenvalue weighted by Crippen LogP contribution is -2.59. The van der Waals surface area contributed by atoms with Gasteiger partial charge in [-0.1, -0.05) is 0 Å². The van der Waals surface area contributed by atoms with Crippen molar-refractivity contribution in [3.8, 4) is 0 Å². The van der Waals surface area contributed by atoms with Gasteiger partial charge in [-0.3, -0.25) is 0 Å². The number of nitrogens with one attached hydrogen (secondary N) is 1. The van der Waals surface area contributed by atoms with Crippen LogP contribution < -0.4 is 5.32 Å². The Morgan fingerprint density at radius 1 is 1.45 bits per heavy atom. The first-order valence-electron chi connectivity index (χ1n) is 6.36. The van der Waals surface area contributed by atoms with Crippen molar-refractivity contribution in [2.45, 2.75) is 25.0 Å². The molecule has 0 saturated carbocycles. The Balaban J connectivity index is 1.69. The number of amides is 2. The molecule has 1 atom stereocenters. The molecule has 1 saturated heterocycles. The van der Waals surface area contributed by atoms with E-state index in [1.54, 1.807) is 6.33 Å². The standard InChI is InChI=1S/C11H15N5O4/c17-9(18)11(1-4-20-6-11)13-10(19)15-2-3-16-7-12-14-8(16)5-15/h7H,1-6H2,(H,13,19)(H,17,18). The first-order chi connectivity index (χ1) is 9.61. The van der Waals surface area contributed by atoms with Crippen molar-refractivity contribution in [2.75, 3.05) is 19.8 Å². The second-order valence-corrected chi connectivity index (χ2v) is 4.98. The quantitative estimate of drug-likeness (QED) is 0.723. The number of hydrogen-bond acceptors (Lipinski definition) is 5. The topological polar surface area (TPSA) is 110 Å². The summed E-state index contributed by atoms with van der Waals surface area (Å²) in [6.07, 6.45) is 1.90. The summed E-state index contributed by atoms with van der Waals surface area (Å²) in [4.78, 5) is 25.1. The zero-order valence-electron chi connectivity index (χ0n) is 10.8. The van der Waals surface area contributed by atoms with Gasteiger partial charge in [-0.2, -0.15) is 0 Å². The average molecular weight is 281 g/mol. The van der Waals surface area contributed by atoms with Crippen LogP contribution in [0.1, 0.15) is 12.2 Å². The molecule has 1 aromatic heterocycles. The van der Waals surface area contributed by atoms with E-state index in [4.69, 9.17) is 4.74 Å². The largest absolute Gasteiger partial charge is 0.479 e. The predicted octanol–water partition coefficient (Wildman–Crippen LogP) is -0.953. The minimum atomic E-state index is -1.32. The minimum Gasteiger partial charge on any atom is -0.479 e. The fraction of sp³-hybridized carbons (Fsp3) is 0.636. The van der Waals surface area contributed by atoms with Crippen molar-refractivity contribution in [3.63, 3.8) is 0 Å². The number of carboxylic acid groups (broad SMARTS) is 1. The van der Waals surface area contributed by atoms with Crippen LogP contribution in [0, 0.1) is 0 Å². The molecule has 1 fully saturated rings. The summed E-state index contributed by atoms with van der Waals surface area (Å²) in [7, 11) is 0. The third-order valence-electron chi connectivity index (χ3n) is 3.70. The maximum atomic E-state index is 12.2. The van der Waals surface area contributed by atoms with Gasteiger partial charge >= 0.3 is 12.0 Å². The van der Waals surface area contributed by atoms with Crippen molar-refractivity contribution in [1.29, 1.82) is 0 Å². The Labute approximate surface area is 114 Å². The molecule has 1 aromatic rings. The Morgan fingerprint density at radius 2 is 2.30 bits per heavy atom. The third kappa shape index (κ3) is 2.09. The van der Waals surface area contributed by atoms with Crippen molar-refractivity contribution >= 4 is 12.0 Å². The van der Waals surface area contributed by atoms with Gasteiger partial charge in [-0.15, -0.1) is 10.2 Å². The molecule has 2 amide bonds. The van der Waals surface area contributed by atoms with Crippen molar-refractivity contribution in [3.05, 3.63) is 12.2 Å². The van der Waals surface area contributed by atoms with Gasteiger partial charge in [-0.25, -0.2) is 9.59 Å². The molecule has 0 radical (unpaired) electrons. The van der Waals surface area contributed by atoms with Gasteiger partial charge in [0, 0.05) is 26.1 Å². The van der Waals surface area contributed by atoms with Crippen molar-refractivity contribution < 1.29 is 19.4 Å². The lowest BCUT2D eigenvalue weighted by atomic mass is 9.99. The molecule has 0 bridgehead atoms. The van der Waals surface area contributed by atoms with E-state index >= 15 is 0 Å². The third-order valence-corrected chi connectivity index (χ3v) is 3.70. The summed E-state index contributed by atoms with van der Waals surface area (Å²) in [5, 5.41) is 19.6. The molecule has 2 N–H and O–H groups in total. The molecule has 3 rings (SSSR count). The number of urea groups is 1. The fourth-order valence-corrected chi connectivity index (χ4v) is 2.41. The van der Waals surface area contributed by atoms with Gasteiger partial charge < -0.3 is 24.6 Å². The van der Waals surface area contributed by atoms with Crippen LogP contribution in [0.5, 0.6) is 0 Å². The average Bonchev–Trinajstić information content (AvgIpc) is 3.06. The molecule has 108 valence electrons. The normalized spacial score (nSPS) is 25.3. The molecular formula is C11H15N5O4. The summed E-state index contributed by atoms with van der Waals surface area (Å²) < 4.78 is 6.98. The molecule has 3 heterocycles. The smallest absolute Gasteiger partial charge is 0.332 e. The summed E-state index contributed by atoms with van der Waals surface area (Å²) in [5.41, 5.74) is -1.32. The number of carbonyl (C=O) groups is 2. The number of fused-ring (bicyclic) bond motifs is 1. The van der Waals surface area contributed by atoms with Crippen LogP contribution in [-0.2, 0) is 22.6 Å². The van der Waals surface area contributed by atoms with E-state index < -0.39 is 17.5 Å². The zero-order chi connectivity index (χ0) is 14.2. The lowest BCUT2D eigenvalue weighted by molar-refractivity contribution is -0.144. The fourth-order valence-electron chi connectivity index (χ4n) is 2.41. The monoisotopic (exact) mass is 281 g/mol. The Kier molecular flexibility index (Phi) is 3.05. The number of nitrogens with zero attached hydrogens (tertiary/aromatic N) is 4. The van der Waals surface area contributed by atoms with Crippen LogP contribution in [0.25, 0.3) is 0 Å². The van der Waals surface area contributed by atoms with Crippen LogP contribution in [0.3, 0.4) is 0 Å². The van der Waals surface area contributed by atoms with Crippen molar-refractivity contribution in [2.24, 2.45) is 0 Å². The van der Waals surface area contributed by atoms with Crippen molar-refractivity contribution in [1.82, 2.24) is 25.0 Å². The van der Waals surface area contributed by atoms with Gasteiger partial charge in [0.15, 0.2) is 11.4 Å². The SMILES string of the molecule is O=C(NC1(C(=O)O)CCOC1)N1CCn2cnnc2C1. The van der Waals surface area contributed by atoms with E-state index in [9.17, 15) is 14.7 Å². The Morgan fingerprint density at radius 3 is 3.00 bits per heavy atom. The Bertz CT molecular complexity index is 537. The molecule has 0 aromatic carbocycles. The van der Waals surface area contributed by atoms with E-state index in [-0.39, 0.29) is 13.0 Å². The predicted molar refractivity (Wildman–Crippen MR) is 64.8 cm³/mol. The zero-order valence-corrected chi connectivity index (χ0v) is 10.8. The first kappa shape index (κ1) is 12.9. The van der Waals surface area contributed by atoms with Crippen LogP contribution in [0.15, 0.2) is 6.33 Å². The molecule has 9 nitrogen and oxygen atoms in total. The molecule has 1 unspecified atom stereocenters. The number of carbonyl (C=O) groups excluding carboxylic acids is 1. The summed E-state index contributed by atoms with van der Waals surface area (Å²) in [6, 6.07) is -0.410. The maximum Gasteiger partial charge on any atom is 0.332 e. The summed E-state index contributed by atoms with van der Waals surface area (Å²) in [6.45, 7) is 1.75. The van der Waals surface area contributed by atoms with E-state index in [1.165, 1.54) is 4.90 Å². The van der Waals surface area contributed by atoms with E-state index in [0.717, 1.165) is 0 Å². The van der Waals surface area contributed by atoms with Gasteiger partial charge in [0.1, 0.15) is 6.33 Å².